The predicted octanol–water partition coefficient (Wildman–Crippen LogP) is 3.39. The maximum Gasteiger partial charge on any atom is 0.248 e. The maximum absolute atomic E-state index is 12.4. The number of anilines is 2. The summed E-state index contributed by atoms with van der Waals surface area (Å²) in [6.45, 7) is 1.84. The van der Waals surface area contributed by atoms with Gasteiger partial charge < -0.3 is 10.2 Å². The van der Waals surface area contributed by atoms with Crippen LogP contribution in [0.5, 0.6) is 0 Å². The molecule has 2 aliphatic heterocycles. The van der Waals surface area contributed by atoms with Gasteiger partial charge >= 0.3 is 0 Å². The maximum atomic E-state index is 12.4. The Hall–Kier alpha value is -3.13. The van der Waals surface area contributed by atoms with Crippen LogP contribution in [0.1, 0.15) is 36.8 Å². The summed E-state index contributed by atoms with van der Waals surface area (Å²) in [7, 11) is -3.20. The molecule has 32 heavy (non-hydrogen) atoms. The van der Waals surface area contributed by atoms with Crippen molar-refractivity contribution in [3.63, 3.8) is 0 Å². The highest BCUT2D eigenvalue weighted by atomic mass is 32.2. The summed E-state index contributed by atoms with van der Waals surface area (Å²) < 4.78 is 25.5. The number of rotatable bonds is 6. The van der Waals surface area contributed by atoms with Crippen LogP contribution < -0.4 is 9.62 Å². The molecule has 8 heteroatoms. The average Bonchev–Trinajstić information content (AvgIpc) is 3.13. The molecule has 0 bridgehead atoms. The smallest absolute Gasteiger partial charge is 0.248 e. The van der Waals surface area contributed by atoms with Crippen LogP contribution in [0.3, 0.4) is 0 Å². The molecule has 7 nitrogen and oxygen atoms in total. The average molecular weight is 454 g/mol. The fraction of sp³-hybridized carbons (Fsp3) is 0.333. The van der Waals surface area contributed by atoms with Crippen molar-refractivity contribution >= 4 is 39.3 Å². The monoisotopic (exact) mass is 453 g/mol. The number of likely N-dealkylation sites (tertiary alicyclic amines) is 1. The molecule has 0 aliphatic carbocycles. The molecule has 2 amide bonds. The fourth-order valence-corrected chi connectivity index (χ4v) is 5.60. The normalized spacial score (nSPS) is 18.3. The number of hydrogen-bond donors (Lipinski definition) is 1. The summed E-state index contributed by atoms with van der Waals surface area (Å²) in [5.74, 6) is 0.106. The third-order valence-electron chi connectivity index (χ3n) is 5.70. The molecule has 2 fully saturated rings. The Bertz CT molecular complexity index is 1130. The van der Waals surface area contributed by atoms with Crippen molar-refractivity contribution in [3.8, 4) is 0 Å². The van der Waals surface area contributed by atoms with E-state index in [0.29, 0.717) is 37.3 Å². The molecule has 0 unspecified atom stereocenters. The van der Waals surface area contributed by atoms with Crippen molar-refractivity contribution in [1.82, 2.24) is 4.90 Å². The Morgan fingerprint density at radius 3 is 2.56 bits per heavy atom. The Kier molecular flexibility index (Phi) is 6.60. The third-order valence-corrected chi connectivity index (χ3v) is 7.57. The van der Waals surface area contributed by atoms with Crippen LogP contribution in [0, 0.1) is 0 Å². The van der Waals surface area contributed by atoms with Gasteiger partial charge in [0, 0.05) is 37.8 Å². The van der Waals surface area contributed by atoms with Gasteiger partial charge in [-0.1, -0.05) is 24.3 Å². The Morgan fingerprint density at radius 1 is 1.03 bits per heavy atom. The SMILES string of the molecule is O=C(/C=C/c1ccc(N2CCCS2(=O)=O)cc1)Nc1cccc(CN2CCCCC2=O)c1. The van der Waals surface area contributed by atoms with Crippen LogP contribution in [0.2, 0.25) is 0 Å². The van der Waals surface area contributed by atoms with Crippen LogP contribution in [0.25, 0.3) is 6.08 Å². The van der Waals surface area contributed by atoms with Gasteiger partial charge in [0.05, 0.1) is 11.4 Å². The number of sulfonamides is 1. The lowest BCUT2D eigenvalue weighted by atomic mass is 10.1. The largest absolute Gasteiger partial charge is 0.338 e. The second-order valence-electron chi connectivity index (χ2n) is 8.13. The van der Waals surface area contributed by atoms with Crippen molar-refractivity contribution in [2.24, 2.45) is 0 Å². The van der Waals surface area contributed by atoms with Crippen LogP contribution in [-0.4, -0.2) is 44.0 Å². The van der Waals surface area contributed by atoms with E-state index in [4.69, 9.17) is 0 Å². The Balaban J connectivity index is 1.35. The van der Waals surface area contributed by atoms with Gasteiger partial charge in [-0.15, -0.1) is 0 Å². The van der Waals surface area contributed by atoms with E-state index in [1.165, 1.54) is 10.4 Å². The molecule has 2 heterocycles. The summed E-state index contributed by atoms with van der Waals surface area (Å²) >= 11 is 0. The second kappa shape index (κ2) is 9.56. The molecule has 2 aromatic rings. The van der Waals surface area contributed by atoms with E-state index in [-0.39, 0.29) is 17.6 Å². The molecular weight excluding hydrogens is 426 g/mol. The molecule has 2 saturated heterocycles. The quantitative estimate of drug-likeness (QED) is 0.680. The van der Waals surface area contributed by atoms with E-state index in [1.807, 2.05) is 29.2 Å². The fourth-order valence-electron chi connectivity index (χ4n) is 4.03. The first-order chi connectivity index (χ1) is 15.4. The van der Waals surface area contributed by atoms with Crippen LogP contribution in [-0.2, 0) is 26.2 Å². The molecule has 0 atom stereocenters. The first-order valence-corrected chi connectivity index (χ1v) is 12.5. The van der Waals surface area contributed by atoms with Gasteiger partial charge in [-0.25, -0.2) is 8.42 Å². The highest BCUT2D eigenvalue weighted by Gasteiger charge is 2.28. The number of piperidine rings is 1. The minimum atomic E-state index is -3.20. The Labute approximate surface area is 188 Å². The van der Waals surface area contributed by atoms with Crippen molar-refractivity contribution in [3.05, 3.63) is 65.7 Å². The number of hydrogen-bond acceptors (Lipinski definition) is 4. The first-order valence-electron chi connectivity index (χ1n) is 10.9. The van der Waals surface area contributed by atoms with Gasteiger partial charge in [0.1, 0.15) is 0 Å². The minimum absolute atomic E-state index is 0.182. The number of benzene rings is 2. The van der Waals surface area contributed by atoms with Crippen molar-refractivity contribution in [2.75, 3.05) is 28.5 Å². The van der Waals surface area contributed by atoms with Crippen molar-refractivity contribution in [1.29, 1.82) is 0 Å². The van der Waals surface area contributed by atoms with Crippen molar-refractivity contribution in [2.45, 2.75) is 32.2 Å². The lowest BCUT2D eigenvalue weighted by Gasteiger charge is -2.26. The van der Waals surface area contributed by atoms with Gasteiger partial charge in [0.15, 0.2) is 0 Å². The van der Waals surface area contributed by atoms with E-state index in [0.717, 1.165) is 30.5 Å². The zero-order chi connectivity index (χ0) is 22.6. The summed E-state index contributed by atoms with van der Waals surface area (Å²) in [4.78, 5) is 26.2. The number of nitrogens with zero attached hydrogens (tertiary/aromatic N) is 2. The molecule has 0 aromatic heterocycles. The van der Waals surface area contributed by atoms with E-state index in [9.17, 15) is 18.0 Å². The summed E-state index contributed by atoms with van der Waals surface area (Å²) in [5.41, 5.74) is 3.11. The topological polar surface area (TPSA) is 86.8 Å². The van der Waals surface area contributed by atoms with E-state index in [2.05, 4.69) is 5.32 Å². The van der Waals surface area contributed by atoms with Crippen LogP contribution in [0.15, 0.2) is 54.6 Å². The molecule has 0 spiro atoms. The zero-order valence-corrected chi connectivity index (χ0v) is 18.7. The van der Waals surface area contributed by atoms with Gasteiger partial charge in [-0.3, -0.25) is 13.9 Å². The second-order valence-corrected chi connectivity index (χ2v) is 10.1. The molecule has 0 radical (unpaired) electrons. The minimum Gasteiger partial charge on any atom is -0.338 e. The molecule has 2 aliphatic rings. The lowest BCUT2D eigenvalue weighted by molar-refractivity contribution is -0.133. The number of amides is 2. The summed E-state index contributed by atoms with van der Waals surface area (Å²) in [5, 5.41) is 2.85. The predicted molar refractivity (Wildman–Crippen MR) is 126 cm³/mol. The van der Waals surface area contributed by atoms with E-state index in [1.54, 1.807) is 30.3 Å². The summed E-state index contributed by atoms with van der Waals surface area (Å²) in [6.07, 6.45) is 6.37. The molecule has 2 aromatic carbocycles. The highest BCUT2D eigenvalue weighted by Crippen LogP contribution is 2.24. The van der Waals surface area contributed by atoms with Gasteiger partial charge in [-0.05, 0) is 60.7 Å². The molecular formula is C24H27N3O4S. The molecule has 168 valence electrons. The summed E-state index contributed by atoms with van der Waals surface area (Å²) in [6, 6.07) is 14.6. The van der Waals surface area contributed by atoms with Crippen molar-refractivity contribution < 1.29 is 18.0 Å². The number of nitrogens with one attached hydrogen (secondary N) is 1. The van der Waals surface area contributed by atoms with Crippen LogP contribution >= 0.6 is 0 Å². The molecule has 4 rings (SSSR count). The van der Waals surface area contributed by atoms with E-state index >= 15 is 0 Å². The zero-order valence-electron chi connectivity index (χ0n) is 17.9. The number of carbonyl (C=O) groups excluding carboxylic acids is 2. The number of carbonyl (C=O) groups is 2. The van der Waals surface area contributed by atoms with Crippen LogP contribution in [0.4, 0.5) is 11.4 Å². The standard InChI is InChI=1S/C24H27N3O4S/c28-23(13-10-19-8-11-22(12-9-19)27-15-4-16-32(27,30)31)25-21-6-3-5-20(17-21)18-26-14-2-1-7-24(26)29/h3,5-6,8-13,17H,1-2,4,7,14-16,18H2,(H,25,28)/b13-10+. The first kappa shape index (κ1) is 22.1. The molecule has 0 saturated carbocycles. The lowest BCUT2D eigenvalue weighted by Crippen LogP contribution is -2.34. The van der Waals surface area contributed by atoms with Gasteiger partial charge in [-0.2, -0.15) is 0 Å². The van der Waals surface area contributed by atoms with E-state index < -0.39 is 10.0 Å². The third kappa shape index (κ3) is 5.37. The molecule has 1 N–H and O–H groups in total. The van der Waals surface area contributed by atoms with Gasteiger partial charge in [0.2, 0.25) is 21.8 Å². The highest BCUT2D eigenvalue weighted by molar-refractivity contribution is 7.93. The Morgan fingerprint density at radius 2 is 1.84 bits per heavy atom. The van der Waals surface area contributed by atoms with Gasteiger partial charge in [0.25, 0.3) is 0 Å².